The molecule has 238 valence electrons. The third-order valence-electron chi connectivity index (χ3n) is 8.67. The molecule has 45 heavy (non-hydrogen) atoms. The summed E-state index contributed by atoms with van der Waals surface area (Å²) in [4.78, 5) is 42.2. The molecule has 2 amide bonds. The monoisotopic (exact) mass is 624 g/mol. The molecule has 1 heterocycles. The maximum Gasteiger partial charge on any atom is 0.422 e. The quantitative estimate of drug-likeness (QED) is 0.338. The second kappa shape index (κ2) is 13.2. The number of likely N-dealkylation sites (tertiary alicyclic amines) is 1. The Bertz CT molecular complexity index is 1540. The van der Waals surface area contributed by atoms with E-state index in [2.05, 4.69) is 5.32 Å². The second-order valence-electron chi connectivity index (χ2n) is 11.3. The molecule has 0 spiro atoms. The summed E-state index contributed by atoms with van der Waals surface area (Å²) in [7, 11) is 2.77. The van der Waals surface area contributed by atoms with Gasteiger partial charge in [0.25, 0.3) is 5.91 Å². The van der Waals surface area contributed by atoms with Crippen molar-refractivity contribution >= 4 is 17.8 Å². The van der Waals surface area contributed by atoms with Gasteiger partial charge in [-0.15, -0.1) is 0 Å². The molecule has 1 fully saturated rings. The number of piperidine rings is 1. The molecule has 8 nitrogen and oxygen atoms in total. The number of hydrogen-bond donors (Lipinski definition) is 1. The molecule has 3 aromatic carbocycles. The van der Waals surface area contributed by atoms with Gasteiger partial charge in [-0.2, -0.15) is 13.2 Å². The SMILES string of the molecule is COC(=O)[C@]1(c2ccccc2)CC[C@@H](C(=O)N2CCC(NC(=O)c3cc(OC)ccc3OCC(F)(F)F)CC2)c2ccccc21. The summed E-state index contributed by atoms with van der Waals surface area (Å²) < 4.78 is 53.7. The van der Waals surface area contributed by atoms with E-state index in [0.717, 1.165) is 16.7 Å². The Morgan fingerprint density at radius 3 is 2.29 bits per heavy atom. The Labute approximate surface area is 259 Å². The van der Waals surface area contributed by atoms with E-state index in [0.29, 0.717) is 44.5 Å². The van der Waals surface area contributed by atoms with E-state index in [1.165, 1.54) is 32.4 Å². The summed E-state index contributed by atoms with van der Waals surface area (Å²) in [5.41, 5.74) is 1.28. The maximum absolute atomic E-state index is 13.9. The van der Waals surface area contributed by atoms with Crippen LogP contribution in [0.4, 0.5) is 13.2 Å². The zero-order valence-corrected chi connectivity index (χ0v) is 25.1. The molecular formula is C34H35F3N2O6. The van der Waals surface area contributed by atoms with E-state index < -0.39 is 30.0 Å². The average molecular weight is 625 g/mol. The van der Waals surface area contributed by atoms with Crippen molar-refractivity contribution in [3.05, 3.63) is 95.1 Å². The van der Waals surface area contributed by atoms with Crippen molar-refractivity contribution in [1.82, 2.24) is 10.2 Å². The Morgan fingerprint density at radius 2 is 1.62 bits per heavy atom. The van der Waals surface area contributed by atoms with E-state index in [4.69, 9.17) is 14.2 Å². The van der Waals surface area contributed by atoms with E-state index in [1.807, 2.05) is 54.6 Å². The zero-order valence-electron chi connectivity index (χ0n) is 25.1. The van der Waals surface area contributed by atoms with Crippen molar-refractivity contribution in [2.75, 3.05) is 33.9 Å². The zero-order chi connectivity index (χ0) is 32.2. The average Bonchev–Trinajstić information content (AvgIpc) is 3.06. The van der Waals surface area contributed by atoms with Crippen LogP contribution >= 0.6 is 0 Å². The number of esters is 1. The fourth-order valence-electron chi connectivity index (χ4n) is 6.45. The number of benzene rings is 3. The van der Waals surface area contributed by atoms with Crippen molar-refractivity contribution in [3.8, 4) is 11.5 Å². The Morgan fingerprint density at radius 1 is 0.933 bits per heavy atom. The number of ether oxygens (including phenoxy) is 3. The van der Waals surface area contributed by atoms with Crippen LogP contribution in [0.3, 0.4) is 0 Å². The summed E-state index contributed by atoms with van der Waals surface area (Å²) >= 11 is 0. The van der Waals surface area contributed by atoms with Gasteiger partial charge in [0.1, 0.15) is 16.9 Å². The number of rotatable bonds is 8. The fraction of sp³-hybridized carbons (Fsp3) is 0.382. The van der Waals surface area contributed by atoms with Crippen LogP contribution in [0.5, 0.6) is 11.5 Å². The first-order valence-corrected chi connectivity index (χ1v) is 14.8. The van der Waals surface area contributed by atoms with E-state index in [9.17, 15) is 27.6 Å². The molecule has 5 rings (SSSR count). The number of halogens is 3. The number of fused-ring (bicyclic) bond motifs is 1. The largest absolute Gasteiger partial charge is 0.497 e. The van der Waals surface area contributed by atoms with Crippen molar-refractivity contribution in [2.45, 2.75) is 49.2 Å². The molecule has 1 aliphatic carbocycles. The first-order valence-electron chi connectivity index (χ1n) is 14.8. The molecule has 1 aliphatic heterocycles. The van der Waals surface area contributed by atoms with Crippen LogP contribution in [0.1, 0.15) is 58.6 Å². The smallest absolute Gasteiger partial charge is 0.422 e. The minimum absolute atomic E-state index is 0.0469. The molecule has 1 N–H and O–H groups in total. The summed E-state index contributed by atoms with van der Waals surface area (Å²) in [6.45, 7) is -0.756. The Hall–Kier alpha value is -4.54. The summed E-state index contributed by atoms with van der Waals surface area (Å²) in [5, 5.41) is 2.88. The van der Waals surface area contributed by atoms with Crippen LogP contribution in [-0.2, 0) is 19.7 Å². The highest BCUT2D eigenvalue weighted by molar-refractivity contribution is 5.97. The Balaban J connectivity index is 1.28. The summed E-state index contributed by atoms with van der Waals surface area (Å²) in [5.74, 6) is -1.35. The van der Waals surface area contributed by atoms with Crippen LogP contribution in [-0.4, -0.2) is 68.8 Å². The topological polar surface area (TPSA) is 94.2 Å². The number of carbonyl (C=O) groups excluding carboxylic acids is 3. The summed E-state index contributed by atoms with van der Waals surface area (Å²) in [6, 6.07) is 20.7. The maximum atomic E-state index is 13.9. The molecular weight excluding hydrogens is 589 g/mol. The minimum Gasteiger partial charge on any atom is -0.497 e. The molecule has 2 aliphatic rings. The van der Waals surface area contributed by atoms with Gasteiger partial charge in [0.05, 0.1) is 25.7 Å². The van der Waals surface area contributed by atoms with Gasteiger partial charge in [-0.25, -0.2) is 0 Å². The van der Waals surface area contributed by atoms with Gasteiger partial charge in [0.15, 0.2) is 6.61 Å². The minimum atomic E-state index is -4.56. The Kier molecular flexibility index (Phi) is 9.36. The second-order valence-corrected chi connectivity index (χ2v) is 11.3. The predicted octanol–water partition coefficient (Wildman–Crippen LogP) is 5.39. The molecule has 0 saturated carbocycles. The molecule has 1 saturated heterocycles. The number of alkyl halides is 3. The van der Waals surface area contributed by atoms with Crippen molar-refractivity contribution in [1.29, 1.82) is 0 Å². The molecule has 0 aromatic heterocycles. The lowest BCUT2D eigenvalue weighted by Crippen LogP contribution is -2.49. The van der Waals surface area contributed by atoms with Crippen LogP contribution in [0.15, 0.2) is 72.8 Å². The lowest BCUT2D eigenvalue weighted by atomic mass is 9.63. The fourth-order valence-corrected chi connectivity index (χ4v) is 6.45. The first-order chi connectivity index (χ1) is 21.6. The van der Waals surface area contributed by atoms with Crippen LogP contribution in [0, 0.1) is 0 Å². The van der Waals surface area contributed by atoms with Gasteiger partial charge >= 0.3 is 12.1 Å². The summed E-state index contributed by atoms with van der Waals surface area (Å²) in [6.07, 6.45) is -2.78. The highest BCUT2D eigenvalue weighted by atomic mass is 19.4. The predicted molar refractivity (Wildman–Crippen MR) is 159 cm³/mol. The van der Waals surface area contributed by atoms with Crippen LogP contribution in [0.25, 0.3) is 0 Å². The third-order valence-corrected chi connectivity index (χ3v) is 8.67. The van der Waals surface area contributed by atoms with Gasteiger partial charge in [-0.05, 0) is 60.6 Å². The first kappa shape index (κ1) is 31.9. The molecule has 11 heteroatoms. The van der Waals surface area contributed by atoms with Gasteiger partial charge in [-0.1, -0.05) is 54.6 Å². The van der Waals surface area contributed by atoms with Gasteiger partial charge in [0, 0.05) is 19.1 Å². The number of carbonyl (C=O) groups is 3. The van der Waals surface area contributed by atoms with Gasteiger partial charge in [0.2, 0.25) is 5.91 Å². The number of methoxy groups -OCH3 is 2. The van der Waals surface area contributed by atoms with Crippen molar-refractivity contribution < 1.29 is 41.8 Å². The number of nitrogens with one attached hydrogen (secondary N) is 1. The number of hydrogen-bond acceptors (Lipinski definition) is 6. The third kappa shape index (κ3) is 6.62. The highest BCUT2D eigenvalue weighted by Crippen LogP contribution is 2.48. The number of amides is 2. The molecule has 0 unspecified atom stereocenters. The molecule has 2 atom stereocenters. The molecule has 0 radical (unpaired) electrons. The van der Waals surface area contributed by atoms with Crippen molar-refractivity contribution in [3.63, 3.8) is 0 Å². The van der Waals surface area contributed by atoms with Crippen LogP contribution in [0.2, 0.25) is 0 Å². The molecule has 3 aromatic rings. The standard InChI is InChI=1S/C34H35F3N2O6/c1-43-24-12-13-29(45-21-34(35,36)37)27(20-24)30(40)38-23-15-18-39(19-16-23)31(41)26-14-17-33(32(42)44-2,22-8-4-3-5-9-22)28-11-7-6-10-25(26)28/h3-13,20,23,26H,14-19,21H2,1-2H3,(H,38,40)/t26-,33+/m1/s1. The van der Waals surface area contributed by atoms with E-state index >= 15 is 0 Å². The molecule has 0 bridgehead atoms. The lowest BCUT2D eigenvalue weighted by Gasteiger charge is -2.42. The van der Waals surface area contributed by atoms with Gasteiger partial charge in [-0.3, -0.25) is 14.4 Å². The van der Waals surface area contributed by atoms with E-state index in [-0.39, 0.29) is 29.2 Å². The normalized spacial score (nSPS) is 20.1. The lowest BCUT2D eigenvalue weighted by molar-refractivity contribution is -0.153. The van der Waals surface area contributed by atoms with Gasteiger partial charge < -0.3 is 24.4 Å². The van der Waals surface area contributed by atoms with E-state index in [1.54, 1.807) is 4.90 Å². The number of nitrogens with zero attached hydrogens (tertiary/aromatic N) is 1. The highest BCUT2D eigenvalue weighted by Gasteiger charge is 2.49. The van der Waals surface area contributed by atoms with Crippen molar-refractivity contribution in [2.24, 2.45) is 0 Å². The van der Waals surface area contributed by atoms with Crippen LogP contribution < -0.4 is 14.8 Å².